The third-order valence-electron chi connectivity index (χ3n) is 2.15. The van der Waals surface area contributed by atoms with Gasteiger partial charge in [-0.2, -0.15) is 5.21 Å². The molecule has 0 amide bonds. The Bertz CT molecular complexity index is 623. The molecule has 1 atom stereocenters. The van der Waals surface area contributed by atoms with Gasteiger partial charge in [0.15, 0.2) is 5.82 Å². The zero-order valence-electron chi connectivity index (χ0n) is 9.77. The van der Waals surface area contributed by atoms with E-state index in [0.29, 0.717) is 0 Å². The van der Waals surface area contributed by atoms with Crippen molar-refractivity contribution in [3.63, 3.8) is 0 Å². The fourth-order valence-corrected chi connectivity index (χ4v) is 2.33. The molecule has 0 fully saturated rings. The summed E-state index contributed by atoms with van der Waals surface area (Å²) in [5.41, 5.74) is 2.20. The highest BCUT2D eigenvalue weighted by Crippen LogP contribution is 2.12. The fraction of sp³-hybridized carbons (Fsp3) is 0.286. The van der Waals surface area contributed by atoms with Crippen molar-refractivity contribution < 1.29 is 8.42 Å². The van der Waals surface area contributed by atoms with Crippen molar-refractivity contribution in [3.05, 3.63) is 18.2 Å². The second kappa shape index (κ2) is 5.21. The van der Waals surface area contributed by atoms with E-state index in [1.165, 1.54) is 0 Å². The molecule has 0 aliphatic rings. The number of nitrogen functional groups attached to an aromatic ring is 1. The van der Waals surface area contributed by atoms with E-state index in [2.05, 4.69) is 40.7 Å². The Kier molecular flexibility index (Phi) is 3.64. The molecule has 0 spiro atoms. The van der Waals surface area contributed by atoms with E-state index < -0.39 is 16.1 Å². The number of nitrogens with zero attached hydrogens (tertiary/aromatic N) is 5. The van der Waals surface area contributed by atoms with Crippen LogP contribution in [-0.4, -0.2) is 39.0 Å². The van der Waals surface area contributed by atoms with Crippen LogP contribution in [0.1, 0.15) is 18.8 Å². The Morgan fingerprint density at radius 3 is 2.58 bits per heavy atom. The summed E-state index contributed by atoms with van der Waals surface area (Å²) < 4.78 is 26.4. The number of H-pyrrole nitrogens is 1. The molecule has 2 heterocycles. The lowest BCUT2D eigenvalue weighted by atomic mass is 10.4. The average Bonchev–Trinajstić information content (AvgIpc) is 2.92. The molecule has 0 saturated carbocycles. The lowest BCUT2D eigenvalue weighted by Gasteiger charge is -2.10. The molecule has 0 aliphatic carbocycles. The number of aromatic nitrogens is 6. The Hall–Kier alpha value is -2.18. The summed E-state index contributed by atoms with van der Waals surface area (Å²) in [6, 6.07) is -0.643. The second-order valence-corrected chi connectivity index (χ2v) is 5.21. The number of aromatic amines is 1. The van der Waals surface area contributed by atoms with Crippen LogP contribution in [0.3, 0.4) is 0 Å². The number of hydrogen-bond acceptors (Lipinski definition) is 9. The first kappa shape index (κ1) is 13.3. The summed E-state index contributed by atoms with van der Waals surface area (Å²) >= 11 is 0. The third kappa shape index (κ3) is 2.98. The van der Waals surface area contributed by atoms with Crippen molar-refractivity contribution in [2.75, 3.05) is 5.43 Å². The third-order valence-corrected chi connectivity index (χ3v) is 3.64. The molecule has 19 heavy (non-hydrogen) atoms. The SMILES string of the molecule is CC(NS(=O)(=O)c1cnc(NN)nc1)c1nn[nH]n1. The van der Waals surface area contributed by atoms with Crippen LogP contribution < -0.4 is 16.0 Å². The standard InChI is InChI=1S/C7H11N9O2S/c1-4(6-12-15-16-13-6)14-19(17,18)5-2-9-7(11-8)10-3-5/h2-4,14H,8H2,1H3,(H,9,10,11)(H,12,13,15,16). The van der Waals surface area contributed by atoms with Crippen molar-refractivity contribution in [3.8, 4) is 0 Å². The van der Waals surface area contributed by atoms with Gasteiger partial charge in [0.25, 0.3) is 0 Å². The first-order valence-corrected chi connectivity index (χ1v) is 6.55. The topological polar surface area (TPSA) is 164 Å². The highest BCUT2D eigenvalue weighted by atomic mass is 32.2. The zero-order valence-corrected chi connectivity index (χ0v) is 10.6. The first-order valence-electron chi connectivity index (χ1n) is 5.07. The summed E-state index contributed by atoms with van der Waals surface area (Å²) in [5, 5.41) is 13.0. The lowest BCUT2D eigenvalue weighted by Crippen LogP contribution is -2.28. The molecule has 102 valence electrons. The molecule has 0 saturated heterocycles. The Labute approximate surface area is 108 Å². The highest BCUT2D eigenvalue weighted by molar-refractivity contribution is 7.89. The maximum atomic E-state index is 12.0. The fourth-order valence-electron chi connectivity index (χ4n) is 1.24. The minimum absolute atomic E-state index is 0.0955. The molecule has 0 radical (unpaired) electrons. The molecular formula is C7H11N9O2S. The second-order valence-electron chi connectivity index (χ2n) is 3.50. The van der Waals surface area contributed by atoms with E-state index in [0.717, 1.165) is 12.4 Å². The monoisotopic (exact) mass is 285 g/mol. The molecule has 0 bridgehead atoms. The van der Waals surface area contributed by atoms with Crippen molar-refractivity contribution in [2.24, 2.45) is 5.84 Å². The number of nitrogens with one attached hydrogen (secondary N) is 3. The van der Waals surface area contributed by atoms with Gasteiger partial charge in [-0.05, 0) is 6.92 Å². The normalized spacial score (nSPS) is 13.2. The molecule has 2 aromatic rings. The van der Waals surface area contributed by atoms with Crippen molar-refractivity contribution in [1.82, 2.24) is 35.3 Å². The van der Waals surface area contributed by atoms with Crippen molar-refractivity contribution >= 4 is 16.0 Å². The molecule has 11 nitrogen and oxygen atoms in total. The molecule has 0 aromatic carbocycles. The van der Waals surface area contributed by atoms with Gasteiger partial charge in [0, 0.05) is 0 Å². The molecule has 1 unspecified atom stereocenters. The molecule has 5 N–H and O–H groups in total. The van der Waals surface area contributed by atoms with Gasteiger partial charge in [0.2, 0.25) is 16.0 Å². The van der Waals surface area contributed by atoms with E-state index >= 15 is 0 Å². The van der Waals surface area contributed by atoms with Crippen LogP contribution in [0.25, 0.3) is 0 Å². The zero-order chi connectivity index (χ0) is 13.9. The summed E-state index contributed by atoms with van der Waals surface area (Å²) in [6.07, 6.45) is 2.26. The Balaban J connectivity index is 2.17. The average molecular weight is 285 g/mol. The van der Waals surface area contributed by atoms with Crippen LogP contribution in [0.5, 0.6) is 0 Å². The van der Waals surface area contributed by atoms with E-state index in [4.69, 9.17) is 5.84 Å². The van der Waals surface area contributed by atoms with Crippen molar-refractivity contribution in [2.45, 2.75) is 17.9 Å². The summed E-state index contributed by atoms with van der Waals surface area (Å²) in [4.78, 5) is 7.34. The van der Waals surface area contributed by atoms with E-state index in [9.17, 15) is 8.42 Å². The van der Waals surface area contributed by atoms with Gasteiger partial charge in [-0.1, -0.05) is 5.21 Å². The smallest absolute Gasteiger partial charge is 0.244 e. The van der Waals surface area contributed by atoms with Crippen LogP contribution in [0.2, 0.25) is 0 Å². The van der Waals surface area contributed by atoms with Crippen LogP contribution in [-0.2, 0) is 10.0 Å². The van der Waals surface area contributed by atoms with Gasteiger partial charge in [0.1, 0.15) is 4.90 Å². The van der Waals surface area contributed by atoms with Crippen LogP contribution in [0.4, 0.5) is 5.95 Å². The first-order chi connectivity index (χ1) is 9.03. The minimum atomic E-state index is -3.78. The number of sulfonamides is 1. The van der Waals surface area contributed by atoms with E-state index in [1.807, 2.05) is 0 Å². The van der Waals surface area contributed by atoms with Crippen LogP contribution in [0, 0.1) is 0 Å². The Morgan fingerprint density at radius 2 is 2.05 bits per heavy atom. The van der Waals surface area contributed by atoms with Gasteiger partial charge in [-0.25, -0.2) is 29.0 Å². The molecule has 0 aliphatic heterocycles. The largest absolute Gasteiger partial charge is 0.292 e. The van der Waals surface area contributed by atoms with Gasteiger partial charge in [-0.3, -0.25) is 5.43 Å². The number of anilines is 1. The number of nitrogens with two attached hydrogens (primary N) is 1. The number of rotatable bonds is 5. The maximum absolute atomic E-state index is 12.0. The van der Waals surface area contributed by atoms with Crippen molar-refractivity contribution in [1.29, 1.82) is 0 Å². The molecule has 2 aromatic heterocycles. The number of hydrogen-bond donors (Lipinski definition) is 4. The van der Waals surface area contributed by atoms with Gasteiger partial charge in [0.05, 0.1) is 18.4 Å². The predicted octanol–water partition coefficient (Wildman–Crippen LogP) is -1.69. The predicted molar refractivity (Wildman–Crippen MR) is 62.8 cm³/mol. The number of tetrazole rings is 1. The molecular weight excluding hydrogens is 274 g/mol. The highest BCUT2D eigenvalue weighted by Gasteiger charge is 2.21. The molecule has 2 rings (SSSR count). The quantitative estimate of drug-likeness (QED) is 0.370. The maximum Gasteiger partial charge on any atom is 0.244 e. The molecule has 12 heteroatoms. The lowest BCUT2D eigenvalue weighted by molar-refractivity contribution is 0.559. The van der Waals surface area contributed by atoms with E-state index in [1.54, 1.807) is 6.92 Å². The summed E-state index contributed by atoms with van der Waals surface area (Å²) in [7, 11) is -3.78. The summed E-state index contributed by atoms with van der Waals surface area (Å²) in [5.74, 6) is 5.43. The Morgan fingerprint density at radius 1 is 1.37 bits per heavy atom. The van der Waals surface area contributed by atoms with Crippen LogP contribution in [0.15, 0.2) is 17.3 Å². The van der Waals surface area contributed by atoms with Gasteiger partial charge >= 0.3 is 0 Å². The van der Waals surface area contributed by atoms with Gasteiger partial charge in [-0.15, -0.1) is 10.2 Å². The van der Waals surface area contributed by atoms with E-state index in [-0.39, 0.29) is 16.7 Å². The van der Waals surface area contributed by atoms with Crippen LogP contribution >= 0.6 is 0 Å². The minimum Gasteiger partial charge on any atom is -0.292 e. The number of hydrazine groups is 1. The summed E-state index contributed by atoms with van der Waals surface area (Å²) in [6.45, 7) is 1.58. The van der Waals surface area contributed by atoms with Gasteiger partial charge < -0.3 is 0 Å².